The van der Waals surface area contributed by atoms with Crippen LogP contribution < -0.4 is 4.74 Å². The Kier molecular flexibility index (Phi) is 3.16. The van der Waals surface area contributed by atoms with Gasteiger partial charge in [0.05, 0.1) is 19.5 Å². The average molecular weight is 242 g/mol. The second-order valence-electron chi connectivity index (χ2n) is 3.82. The Labute approximate surface area is 95.3 Å². The molecule has 0 amide bonds. The lowest BCUT2D eigenvalue weighted by molar-refractivity contribution is 0.326. The zero-order valence-electron chi connectivity index (χ0n) is 9.10. The third kappa shape index (κ3) is 2.96. The standard InChI is InChI=1S/C11H14O4S/c1-16(12,13)15-7-4-9-2-3-11-10(8-9)5-6-14-11/h2-3,8H,4-7H2,1H3. The highest BCUT2D eigenvalue weighted by Gasteiger charge is 2.12. The van der Waals surface area contributed by atoms with Gasteiger partial charge in [0.2, 0.25) is 0 Å². The first-order valence-electron chi connectivity index (χ1n) is 5.13. The second-order valence-corrected chi connectivity index (χ2v) is 5.46. The van der Waals surface area contributed by atoms with E-state index in [1.54, 1.807) is 0 Å². The normalized spacial score (nSPS) is 14.6. The van der Waals surface area contributed by atoms with Crippen LogP contribution in [-0.2, 0) is 27.1 Å². The molecule has 0 aromatic heterocycles. The summed E-state index contributed by atoms with van der Waals surface area (Å²) in [5, 5.41) is 0. The van der Waals surface area contributed by atoms with Crippen molar-refractivity contribution in [1.82, 2.24) is 0 Å². The number of fused-ring (bicyclic) bond motifs is 1. The van der Waals surface area contributed by atoms with Crippen LogP contribution >= 0.6 is 0 Å². The van der Waals surface area contributed by atoms with Crippen LogP contribution in [0.15, 0.2) is 18.2 Å². The summed E-state index contributed by atoms with van der Waals surface area (Å²) >= 11 is 0. The topological polar surface area (TPSA) is 52.6 Å². The molecular formula is C11H14O4S. The number of hydrogen-bond acceptors (Lipinski definition) is 4. The van der Waals surface area contributed by atoms with Gasteiger partial charge in [0, 0.05) is 6.42 Å². The summed E-state index contributed by atoms with van der Waals surface area (Å²) in [5.41, 5.74) is 2.27. The zero-order chi connectivity index (χ0) is 11.6. The zero-order valence-corrected chi connectivity index (χ0v) is 9.92. The Morgan fingerprint density at radius 3 is 3.00 bits per heavy atom. The maximum Gasteiger partial charge on any atom is 0.264 e. The number of rotatable bonds is 4. The maximum atomic E-state index is 10.8. The summed E-state index contributed by atoms with van der Waals surface area (Å²) in [4.78, 5) is 0. The van der Waals surface area contributed by atoms with Gasteiger partial charge < -0.3 is 4.74 Å². The predicted molar refractivity (Wildman–Crippen MR) is 60.1 cm³/mol. The fraction of sp³-hybridized carbons (Fsp3) is 0.455. The van der Waals surface area contributed by atoms with E-state index in [2.05, 4.69) is 0 Å². The Balaban J connectivity index is 1.95. The summed E-state index contributed by atoms with van der Waals surface area (Å²) in [7, 11) is -3.33. The average Bonchev–Trinajstić information content (AvgIpc) is 2.62. The van der Waals surface area contributed by atoms with Crippen LogP contribution in [-0.4, -0.2) is 27.9 Å². The van der Waals surface area contributed by atoms with Crippen LogP contribution in [0.2, 0.25) is 0 Å². The smallest absolute Gasteiger partial charge is 0.264 e. The van der Waals surface area contributed by atoms with E-state index >= 15 is 0 Å². The van der Waals surface area contributed by atoms with Crippen molar-refractivity contribution in [1.29, 1.82) is 0 Å². The molecule has 0 spiro atoms. The van der Waals surface area contributed by atoms with Crippen LogP contribution in [0.25, 0.3) is 0 Å². The molecule has 1 aromatic carbocycles. The van der Waals surface area contributed by atoms with E-state index in [4.69, 9.17) is 8.92 Å². The lowest BCUT2D eigenvalue weighted by atomic mass is 10.1. The van der Waals surface area contributed by atoms with Gasteiger partial charge in [0.25, 0.3) is 10.1 Å². The van der Waals surface area contributed by atoms with Crippen molar-refractivity contribution >= 4 is 10.1 Å². The summed E-state index contributed by atoms with van der Waals surface area (Å²) in [6, 6.07) is 5.92. The summed E-state index contributed by atoms with van der Waals surface area (Å²) < 4.78 is 31.6. The van der Waals surface area contributed by atoms with Crippen LogP contribution in [0, 0.1) is 0 Å². The van der Waals surface area contributed by atoms with Crippen molar-refractivity contribution in [3.63, 3.8) is 0 Å². The first-order chi connectivity index (χ1) is 7.54. The van der Waals surface area contributed by atoms with E-state index in [0.29, 0.717) is 6.42 Å². The van der Waals surface area contributed by atoms with Gasteiger partial charge in [0.1, 0.15) is 5.75 Å². The van der Waals surface area contributed by atoms with Crippen molar-refractivity contribution in [2.24, 2.45) is 0 Å². The molecule has 0 atom stereocenters. The summed E-state index contributed by atoms with van der Waals surface area (Å²) in [5.74, 6) is 0.938. The van der Waals surface area contributed by atoms with Gasteiger partial charge in [0.15, 0.2) is 0 Å². The molecule has 1 aliphatic rings. The van der Waals surface area contributed by atoms with E-state index in [9.17, 15) is 8.42 Å². The van der Waals surface area contributed by atoms with Crippen LogP contribution in [0.4, 0.5) is 0 Å². The Bertz CT molecular complexity index is 479. The SMILES string of the molecule is CS(=O)(=O)OCCc1ccc2c(c1)CCO2. The molecule has 5 heteroatoms. The van der Waals surface area contributed by atoms with E-state index in [-0.39, 0.29) is 6.61 Å². The van der Waals surface area contributed by atoms with Gasteiger partial charge in [-0.05, 0) is 23.6 Å². The lowest BCUT2D eigenvalue weighted by Crippen LogP contribution is -2.06. The fourth-order valence-electron chi connectivity index (χ4n) is 1.71. The molecule has 0 N–H and O–H groups in total. The first kappa shape index (κ1) is 11.4. The number of benzene rings is 1. The molecule has 1 aliphatic heterocycles. The summed E-state index contributed by atoms with van der Waals surface area (Å²) in [6.07, 6.45) is 2.58. The lowest BCUT2D eigenvalue weighted by Gasteiger charge is -2.04. The van der Waals surface area contributed by atoms with Gasteiger partial charge in [-0.15, -0.1) is 0 Å². The van der Waals surface area contributed by atoms with Crippen LogP contribution in [0.3, 0.4) is 0 Å². The molecule has 4 nitrogen and oxygen atoms in total. The Morgan fingerprint density at radius 2 is 2.25 bits per heavy atom. The summed E-state index contributed by atoms with van der Waals surface area (Å²) in [6.45, 7) is 0.928. The van der Waals surface area contributed by atoms with E-state index in [0.717, 1.165) is 30.6 Å². The van der Waals surface area contributed by atoms with E-state index < -0.39 is 10.1 Å². The highest BCUT2D eigenvalue weighted by atomic mass is 32.2. The molecule has 0 radical (unpaired) electrons. The second kappa shape index (κ2) is 4.43. The molecule has 1 aromatic rings. The van der Waals surface area contributed by atoms with Crippen molar-refractivity contribution in [2.45, 2.75) is 12.8 Å². The Hall–Kier alpha value is -1.07. The molecular weight excluding hydrogens is 228 g/mol. The van der Waals surface area contributed by atoms with Crippen molar-refractivity contribution < 1.29 is 17.3 Å². The van der Waals surface area contributed by atoms with Crippen LogP contribution in [0.5, 0.6) is 5.75 Å². The minimum atomic E-state index is -3.33. The molecule has 1 heterocycles. The monoisotopic (exact) mass is 242 g/mol. The highest BCUT2D eigenvalue weighted by molar-refractivity contribution is 7.85. The van der Waals surface area contributed by atoms with Crippen molar-refractivity contribution in [3.8, 4) is 5.75 Å². The molecule has 2 rings (SSSR count). The molecule has 16 heavy (non-hydrogen) atoms. The van der Waals surface area contributed by atoms with Crippen molar-refractivity contribution in [3.05, 3.63) is 29.3 Å². The third-order valence-electron chi connectivity index (χ3n) is 2.44. The van der Waals surface area contributed by atoms with Gasteiger partial charge in [-0.25, -0.2) is 0 Å². The third-order valence-corrected chi connectivity index (χ3v) is 3.04. The molecule has 0 saturated carbocycles. The van der Waals surface area contributed by atoms with Crippen LogP contribution in [0.1, 0.15) is 11.1 Å². The number of ether oxygens (including phenoxy) is 1. The number of hydrogen-bond donors (Lipinski definition) is 0. The molecule has 0 fully saturated rings. The Morgan fingerprint density at radius 1 is 1.44 bits per heavy atom. The maximum absolute atomic E-state index is 10.8. The van der Waals surface area contributed by atoms with Gasteiger partial charge >= 0.3 is 0 Å². The van der Waals surface area contributed by atoms with Gasteiger partial charge in [-0.3, -0.25) is 4.18 Å². The van der Waals surface area contributed by atoms with Gasteiger partial charge in [-0.1, -0.05) is 12.1 Å². The quantitative estimate of drug-likeness (QED) is 0.743. The van der Waals surface area contributed by atoms with Crippen molar-refractivity contribution in [2.75, 3.05) is 19.5 Å². The van der Waals surface area contributed by atoms with E-state index in [1.807, 2.05) is 18.2 Å². The van der Waals surface area contributed by atoms with E-state index in [1.165, 1.54) is 5.56 Å². The minimum Gasteiger partial charge on any atom is -0.493 e. The van der Waals surface area contributed by atoms with Gasteiger partial charge in [-0.2, -0.15) is 8.42 Å². The fourth-order valence-corrected chi connectivity index (χ4v) is 2.09. The molecule has 0 bridgehead atoms. The molecule has 0 unspecified atom stereocenters. The predicted octanol–water partition coefficient (Wildman–Crippen LogP) is 1.14. The molecule has 88 valence electrons. The minimum absolute atomic E-state index is 0.193. The molecule has 0 aliphatic carbocycles. The largest absolute Gasteiger partial charge is 0.493 e. The first-order valence-corrected chi connectivity index (χ1v) is 6.95. The highest BCUT2D eigenvalue weighted by Crippen LogP contribution is 2.25. The molecule has 0 saturated heterocycles.